The monoisotopic (exact) mass is 179 g/mol. The van der Waals surface area contributed by atoms with Crippen LogP contribution < -0.4 is 0 Å². The van der Waals surface area contributed by atoms with Gasteiger partial charge in [-0.2, -0.15) is 0 Å². The molecule has 2 rings (SSSR count). The molecular weight excluding hydrogens is 166 g/mol. The predicted molar refractivity (Wildman–Crippen MR) is 52.6 cm³/mol. The fourth-order valence-electron chi connectivity index (χ4n) is 1.85. The molecule has 1 aromatic rings. The molecule has 0 amide bonds. The third kappa shape index (κ3) is 1.14. The molecule has 0 saturated carbocycles. The van der Waals surface area contributed by atoms with Crippen LogP contribution in [0.25, 0.3) is 0 Å². The van der Waals surface area contributed by atoms with Gasteiger partial charge in [0.1, 0.15) is 0 Å². The summed E-state index contributed by atoms with van der Waals surface area (Å²) < 4.78 is 0. The zero-order valence-electron chi connectivity index (χ0n) is 7.45. The number of hydrogen-bond donors (Lipinski definition) is 0. The molecule has 0 aromatic carbocycles. The Bertz CT molecular complexity index is 285. The van der Waals surface area contributed by atoms with Gasteiger partial charge in [0, 0.05) is 11.4 Å². The fourth-order valence-corrected chi connectivity index (χ4v) is 3.18. The highest BCUT2D eigenvalue weighted by Gasteiger charge is 2.29. The molecule has 0 saturated heterocycles. The van der Waals surface area contributed by atoms with Gasteiger partial charge in [0.2, 0.25) is 0 Å². The predicted octanol–water partition coefficient (Wildman–Crippen LogP) is 3.07. The average Bonchev–Trinajstić information content (AvgIpc) is 2.40. The van der Waals surface area contributed by atoms with E-state index in [1.165, 1.54) is 17.0 Å². The summed E-state index contributed by atoms with van der Waals surface area (Å²) in [5.41, 5.74) is 1.46. The molecule has 0 aliphatic carbocycles. The molecule has 2 atom stereocenters. The first-order valence-corrected chi connectivity index (χ1v) is 5.32. The molecule has 1 nitrogen and oxygen atoms in total. The molecule has 0 bridgehead atoms. The fraction of sp³-hybridized carbons (Fsp3) is 0.500. The van der Waals surface area contributed by atoms with E-state index in [2.05, 4.69) is 24.9 Å². The van der Waals surface area contributed by atoms with E-state index in [4.69, 9.17) is 0 Å². The normalized spacial score (nSPS) is 27.2. The lowest BCUT2D eigenvalue weighted by Crippen LogP contribution is -2.03. The second-order valence-electron chi connectivity index (χ2n) is 3.24. The smallest absolute Gasteiger partial charge is 0.0997 e. The number of rotatable bonds is 1. The first kappa shape index (κ1) is 8.11. The SMILES string of the molecule is CCC1c2cccnc2SC1C. The summed E-state index contributed by atoms with van der Waals surface area (Å²) in [4.78, 5) is 4.37. The van der Waals surface area contributed by atoms with Gasteiger partial charge in [-0.1, -0.05) is 19.9 Å². The Kier molecular flexibility index (Phi) is 2.09. The van der Waals surface area contributed by atoms with Crippen molar-refractivity contribution >= 4 is 11.8 Å². The number of thioether (sulfide) groups is 1. The summed E-state index contributed by atoms with van der Waals surface area (Å²) >= 11 is 1.91. The van der Waals surface area contributed by atoms with Crippen molar-refractivity contribution in [3.8, 4) is 0 Å². The molecule has 2 heteroatoms. The molecular formula is C10H13NS. The second-order valence-corrected chi connectivity index (χ2v) is 4.60. The van der Waals surface area contributed by atoms with Crippen LogP contribution in [0.5, 0.6) is 0 Å². The Labute approximate surface area is 77.6 Å². The Hall–Kier alpha value is -0.500. The first-order valence-electron chi connectivity index (χ1n) is 4.44. The number of hydrogen-bond acceptors (Lipinski definition) is 2. The minimum absolute atomic E-state index is 0.708. The molecule has 64 valence electrons. The third-order valence-electron chi connectivity index (χ3n) is 2.50. The topological polar surface area (TPSA) is 12.9 Å². The minimum Gasteiger partial charge on any atom is -0.250 e. The Morgan fingerprint density at radius 1 is 1.58 bits per heavy atom. The van der Waals surface area contributed by atoms with E-state index in [0.717, 1.165) is 5.92 Å². The van der Waals surface area contributed by atoms with Crippen LogP contribution in [0.1, 0.15) is 31.7 Å². The first-order chi connectivity index (χ1) is 5.83. The highest BCUT2D eigenvalue weighted by molar-refractivity contribution is 8.00. The van der Waals surface area contributed by atoms with E-state index in [-0.39, 0.29) is 0 Å². The molecule has 1 aliphatic heterocycles. The van der Waals surface area contributed by atoms with Crippen LogP contribution in [0.4, 0.5) is 0 Å². The quantitative estimate of drug-likeness (QED) is 0.657. The molecule has 1 aliphatic rings. The van der Waals surface area contributed by atoms with Crippen molar-refractivity contribution in [1.82, 2.24) is 4.98 Å². The van der Waals surface area contributed by atoms with Gasteiger partial charge in [-0.05, 0) is 24.0 Å². The van der Waals surface area contributed by atoms with Crippen LogP contribution >= 0.6 is 11.8 Å². The summed E-state index contributed by atoms with van der Waals surface area (Å²) in [6.45, 7) is 4.55. The molecule has 1 aromatic heterocycles. The summed E-state index contributed by atoms with van der Waals surface area (Å²) in [5.74, 6) is 0.721. The van der Waals surface area contributed by atoms with Gasteiger partial charge in [-0.25, -0.2) is 4.98 Å². The molecule has 0 N–H and O–H groups in total. The molecule has 2 unspecified atom stereocenters. The Balaban J connectivity index is 2.40. The maximum absolute atomic E-state index is 4.37. The second kappa shape index (κ2) is 3.09. The summed E-state index contributed by atoms with van der Waals surface area (Å²) in [6.07, 6.45) is 3.11. The zero-order chi connectivity index (χ0) is 8.55. The van der Waals surface area contributed by atoms with Gasteiger partial charge in [0.15, 0.2) is 0 Å². The van der Waals surface area contributed by atoms with Crippen molar-refractivity contribution in [3.05, 3.63) is 23.9 Å². The Morgan fingerprint density at radius 2 is 2.42 bits per heavy atom. The van der Waals surface area contributed by atoms with Gasteiger partial charge in [-0.15, -0.1) is 11.8 Å². The lowest BCUT2D eigenvalue weighted by molar-refractivity contribution is 0.660. The van der Waals surface area contributed by atoms with Crippen LogP contribution in [0.15, 0.2) is 23.4 Å². The largest absolute Gasteiger partial charge is 0.250 e. The van der Waals surface area contributed by atoms with Crippen molar-refractivity contribution in [2.24, 2.45) is 0 Å². The molecule has 0 fully saturated rings. The summed E-state index contributed by atoms with van der Waals surface area (Å²) in [6, 6.07) is 4.26. The highest BCUT2D eigenvalue weighted by Crippen LogP contribution is 2.45. The van der Waals surface area contributed by atoms with Crippen molar-refractivity contribution in [1.29, 1.82) is 0 Å². The summed E-state index contributed by atoms with van der Waals surface area (Å²) in [5, 5.41) is 1.96. The highest BCUT2D eigenvalue weighted by atomic mass is 32.2. The van der Waals surface area contributed by atoms with Crippen molar-refractivity contribution in [3.63, 3.8) is 0 Å². The van der Waals surface area contributed by atoms with Crippen LogP contribution in [-0.2, 0) is 0 Å². The van der Waals surface area contributed by atoms with Crippen molar-refractivity contribution in [2.45, 2.75) is 36.5 Å². The molecule has 0 radical (unpaired) electrons. The van der Waals surface area contributed by atoms with Gasteiger partial charge in [0.05, 0.1) is 5.03 Å². The van der Waals surface area contributed by atoms with E-state index in [0.29, 0.717) is 5.25 Å². The Morgan fingerprint density at radius 3 is 3.17 bits per heavy atom. The van der Waals surface area contributed by atoms with Gasteiger partial charge >= 0.3 is 0 Å². The summed E-state index contributed by atoms with van der Waals surface area (Å²) in [7, 11) is 0. The maximum Gasteiger partial charge on any atom is 0.0997 e. The van der Waals surface area contributed by atoms with E-state index in [1.807, 2.05) is 24.0 Å². The molecule has 12 heavy (non-hydrogen) atoms. The standard InChI is InChI=1S/C10H13NS/c1-3-8-7(2)12-10-9(8)5-4-6-11-10/h4-8H,3H2,1-2H3. The number of fused-ring (bicyclic) bond motifs is 1. The lowest BCUT2D eigenvalue weighted by atomic mass is 9.96. The van der Waals surface area contributed by atoms with Crippen LogP contribution in [-0.4, -0.2) is 10.2 Å². The maximum atomic E-state index is 4.37. The van der Waals surface area contributed by atoms with E-state index >= 15 is 0 Å². The zero-order valence-corrected chi connectivity index (χ0v) is 8.27. The number of pyridine rings is 1. The molecule has 2 heterocycles. The molecule has 0 spiro atoms. The van der Waals surface area contributed by atoms with E-state index < -0.39 is 0 Å². The van der Waals surface area contributed by atoms with Crippen molar-refractivity contribution < 1.29 is 0 Å². The van der Waals surface area contributed by atoms with E-state index in [9.17, 15) is 0 Å². The lowest BCUT2D eigenvalue weighted by Gasteiger charge is -2.11. The van der Waals surface area contributed by atoms with Gasteiger partial charge in [0.25, 0.3) is 0 Å². The van der Waals surface area contributed by atoms with Crippen molar-refractivity contribution in [2.75, 3.05) is 0 Å². The van der Waals surface area contributed by atoms with Gasteiger partial charge < -0.3 is 0 Å². The average molecular weight is 179 g/mol. The minimum atomic E-state index is 0.708. The number of nitrogens with zero attached hydrogens (tertiary/aromatic N) is 1. The van der Waals surface area contributed by atoms with Crippen LogP contribution in [0, 0.1) is 0 Å². The van der Waals surface area contributed by atoms with Crippen LogP contribution in [0.3, 0.4) is 0 Å². The third-order valence-corrected chi connectivity index (χ3v) is 3.77. The van der Waals surface area contributed by atoms with Gasteiger partial charge in [-0.3, -0.25) is 0 Å². The van der Waals surface area contributed by atoms with Crippen LogP contribution in [0.2, 0.25) is 0 Å². The number of aromatic nitrogens is 1. The van der Waals surface area contributed by atoms with E-state index in [1.54, 1.807) is 0 Å².